The molecule has 0 spiro atoms. The summed E-state index contributed by atoms with van der Waals surface area (Å²) in [5.41, 5.74) is 3.61. The van der Waals surface area contributed by atoms with Crippen LogP contribution in [0.5, 0.6) is 0 Å². The van der Waals surface area contributed by atoms with E-state index in [-0.39, 0.29) is 0 Å². The van der Waals surface area contributed by atoms with Crippen LogP contribution in [0.25, 0.3) is 11.1 Å². The quantitative estimate of drug-likeness (QED) is 0.227. The maximum Gasteiger partial charge on any atom is 0.178 e. The maximum absolute atomic E-state index is 4.65. The number of pyridine rings is 1. The average Bonchev–Trinajstić information content (AvgIpc) is 2.84. The first-order valence-corrected chi connectivity index (χ1v) is 10.9. The van der Waals surface area contributed by atoms with Crippen molar-refractivity contribution in [2.45, 2.75) is 20.3 Å². The van der Waals surface area contributed by atoms with Gasteiger partial charge in [0, 0.05) is 37.6 Å². The van der Waals surface area contributed by atoms with E-state index in [2.05, 4.69) is 57.7 Å². The van der Waals surface area contributed by atoms with Gasteiger partial charge in [-0.25, -0.2) is 9.98 Å². The topological polar surface area (TPSA) is 68.8 Å². The van der Waals surface area contributed by atoms with Gasteiger partial charge in [0.05, 0.1) is 13.1 Å². The predicted molar refractivity (Wildman–Crippen MR) is 141 cm³/mol. The van der Waals surface area contributed by atoms with E-state index in [9.17, 15) is 0 Å². The predicted octanol–water partition coefficient (Wildman–Crippen LogP) is 4.88. The molecular weight excluding hydrogens is 410 g/mol. The minimum Gasteiger partial charge on any atom is -0.294 e. The monoisotopic (exact) mass is 443 g/mol. The van der Waals surface area contributed by atoms with Crippen molar-refractivity contribution >= 4 is 25.1 Å². The van der Waals surface area contributed by atoms with Crippen LogP contribution in [0.3, 0.4) is 0 Å². The molecule has 0 radical (unpaired) electrons. The fourth-order valence-corrected chi connectivity index (χ4v) is 3.01. The Kier molecular flexibility index (Phi) is 10.4. The number of aromatic nitrogens is 1. The molecule has 0 aliphatic carbocycles. The van der Waals surface area contributed by atoms with Crippen LogP contribution < -0.4 is 0 Å². The van der Waals surface area contributed by atoms with Gasteiger partial charge in [0.1, 0.15) is 0 Å². The number of nitrogens with zero attached hydrogens (tertiary/aromatic N) is 7. The SMILES string of the molecule is C=N/C(=N\N(C)C/C=C\C)c1cc(/C(N=C)=N/N(C)C/C=C\CC)cc(-c2ccncc2)c1. The van der Waals surface area contributed by atoms with Crippen molar-refractivity contribution in [3.05, 3.63) is 78.2 Å². The summed E-state index contributed by atoms with van der Waals surface area (Å²) in [6.45, 7) is 12.9. The molecule has 1 aromatic carbocycles. The first-order chi connectivity index (χ1) is 16.0. The van der Waals surface area contributed by atoms with E-state index >= 15 is 0 Å². The van der Waals surface area contributed by atoms with Gasteiger partial charge in [0.25, 0.3) is 0 Å². The minimum absolute atomic E-state index is 0.516. The third kappa shape index (κ3) is 7.96. The lowest BCUT2D eigenvalue weighted by Crippen LogP contribution is -2.16. The first-order valence-electron chi connectivity index (χ1n) is 10.9. The fourth-order valence-electron chi connectivity index (χ4n) is 3.01. The van der Waals surface area contributed by atoms with Crippen molar-refractivity contribution in [2.24, 2.45) is 20.2 Å². The highest BCUT2D eigenvalue weighted by Crippen LogP contribution is 2.24. The second kappa shape index (κ2) is 13.5. The molecule has 0 atom stereocenters. The highest BCUT2D eigenvalue weighted by Gasteiger charge is 2.12. The van der Waals surface area contributed by atoms with E-state index in [1.165, 1.54) is 0 Å². The van der Waals surface area contributed by atoms with Gasteiger partial charge in [0.15, 0.2) is 11.7 Å². The summed E-state index contributed by atoms with van der Waals surface area (Å²) in [6.07, 6.45) is 12.7. The Morgan fingerprint density at radius 1 is 0.848 bits per heavy atom. The molecule has 172 valence electrons. The van der Waals surface area contributed by atoms with Crippen LogP contribution in [0.15, 0.2) is 87.2 Å². The molecule has 2 rings (SSSR count). The Morgan fingerprint density at radius 2 is 1.39 bits per heavy atom. The summed E-state index contributed by atoms with van der Waals surface area (Å²) < 4.78 is 0. The van der Waals surface area contributed by atoms with Crippen LogP contribution >= 0.6 is 0 Å². The summed E-state index contributed by atoms with van der Waals surface area (Å²) >= 11 is 0. The van der Waals surface area contributed by atoms with Crippen molar-refractivity contribution in [3.63, 3.8) is 0 Å². The van der Waals surface area contributed by atoms with Gasteiger partial charge in [-0.15, -0.1) is 0 Å². The lowest BCUT2D eigenvalue weighted by molar-refractivity contribution is 0.394. The molecule has 0 amide bonds. The molecule has 1 aromatic heterocycles. The van der Waals surface area contributed by atoms with E-state index < -0.39 is 0 Å². The molecule has 33 heavy (non-hydrogen) atoms. The second-order valence-electron chi connectivity index (χ2n) is 7.33. The molecule has 0 unspecified atom stereocenters. The number of likely N-dealkylation sites (N-methyl/N-ethyl adjacent to an activating group) is 2. The van der Waals surface area contributed by atoms with Crippen molar-refractivity contribution in [1.82, 2.24) is 15.0 Å². The van der Waals surface area contributed by atoms with Gasteiger partial charge in [-0.1, -0.05) is 31.2 Å². The van der Waals surface area contributed by atoms with Gasteiger partial charge >= 0.3 is 0 Å². The van der Waals surface area contributed by atoms with Crippen LogP contribution in [0, 0.1) is 0 Å². The van der Waals surface area contributed by atoms with Crippen molar-refractivity contribution in [2.75, 3.05) is 27.2 Å². The molecule has 1 heterocycles. The molecule has 0 saturated heterocycles. The normalized spacial score (nSPS) is 12.4. The van der Waals surface area contributed by atoms with Crippen molar-refractivity contribution in [3.8, 4) is 11.1 Å². The molecule has 0 aliphatic heterocycles. The molecule has 0 N–H and O–H groups in total. The molecule has 0 fully saturated rings. The second-order valence-corrected chi connectivity index (χ2v) is 7.33. The number of allylic oxidation sites excluding steroid dienone is 2. The van der Waals surface area contributed by atoms with Gasteiger partial charge in [0.2, 0.25) is 0 Å². The highest BCUT2D eigenvalue weighted by atomic mass is 15.4. The summed E-state index contributed by atoms with van der Waals surface area (Å²) in [5.74, 6) is 1.03. The zero-order valence-electron chi connectivity index (χ0n) is 20.0. The molecule has 0 saturated carbocycles. The maximum atomic E-state index is 4.65. The lowest BCUT2D eigenvalue weighted by atomic mass is 9.99. The minimum atomic E-state index is 0.516. The van der Waals surface area contributed by atoms with Crippen LogP contribution in [-0.4, -0.2) is 67.3 Å². The summed E-state index contributed by atoms with van der Waals surface area (Å²) in [7, 11) is 3.81. The number of benzene rings is 1. The fraction of sp³-hybridized carbons (Fsp3) is 0.269. The van der Waals surface area contributed by atoms with E-state index in [1.54, 1.807) is 12.4 Å². The number of hydrogen-bond donors (Lipinski definition) is 0. The van der Waals surface area contributed by atoms with Crippen LogP contribution in [0.4, 0.5) is 0 Å². The zero-order chi connectivity index (χ0) is 24.1. The number of hydrogen-bond acceptors (Lipinski definition) is 5. The molecule has 7 nitrogen and oxygen atoms in total. The molecule has 7 heteroatoms. The van der Waals surface area contributed by atoms with E-state index in [0.29, 0.717) is 24.8 Å². The standard InChI is InChI=1S/C26H33N7/c1-7-9-11-17-33(6)31-26(28-4)24-19-22(21-12-14-29-15-13-21)18-23(20-24)25(27-3)30-32(5)16-10-8-2/h8-15,18-20H,3-4,7,16-17H2,1-2,5-6H3/b10-8-,11-9-,30-25-,31-26-. The number of hydrazone groups is 2. The molecule has 2 aromatic rings. The molecular formula is C26H33N7. The third-order valence-corrected chi connectivity index (χ3v) is 4.67. The number of amidine groups is 2. The van der Waals surface area contributed by atoms with Crippen molar-refractivity contribution < 1.29 is 0 Å². The van der Waals surface area contributed by atoms with Gasteiger partial charge < -0.3 is 0 Å². The van der Waals surface area contributed by atoms with Gasteiger partial charge in [-0.05, 0) is 68.2 Å². The van der Waals surface area contributed by atoms with Crippen LogP contribution in [-0.2, 0) is 0 Å². The van der Waals surface area contributed by atoms with E-state index in [0.717, 1.165) is 28.7 Å². The van der Waals surface area contributed by atoms with Crippen molar-refractivity contribution in [1.29, 1.82) is 0 Å². The summed E-state index contributed by atoms with van der Waals surface area (Å²) in [5, 5.41) is 12.9. The lowest BCUT2D eigenvalue weighted by Gasteiger charge is -2.15. The van der Waals surface area contributed by atoms with Gasteiger partial charge in [-0.2, -0.15) is 10.2 Å². The van der Waals surface area contributed by atoms with E-state index in [1.807, 2.05) is 73.5 Å². The summed E-state index contributed by atoms with van der Waals surface area (Å²) in [6, 6.07) is 9.94. The Balaban J connectivity index is 2.58. The average molecular weight is 444 g/mol. The third-order valence-electron chi connectivity index (χ3n) is 4.67. The smallest absolute Gasteiger partial charge is 0.178 e. The van der Waals surface area contributed by atoms with E-state index in [4.69, 9.17) is 0 Å². The number of rotatable bonds is 10. The van der Waals surface area contributed by atoms with Gasteiger partial charge in [-0.3, -0.25) is 15.0 Å². The Morgan fingerprint density at radius 3 is 1.88 bits per heavy atom. The highest BCUT2D eigenvalue weighted by molar-refractivity contribution is 6.07. The van der Waals surface area contributed by atoms with Crippen LogP contribution in [0.2, 0.25) is 0 Å². The zero-order valence-corrected chi connectivity index (χ0v) is 20.0. The Labute approximate surface area is 197 Å². The Hall–Kier alpha value is -3.87. The van der Waals surface area contributed by atoms with Crippen LogP contribution in [0.1, 0.15) is 31.4 Å². The molecule has 0 aliphatic rings. The number of aliphatic imine (C=N–C) groups is 2. The molecule has 0 bridgehead atoms. The first kappa shape index (κ1) is 25.4. The largest absolute Gasteiger partial charge is 0.294 e. The summed E-state index contributed by atoms with van der Waals surface area (Å²) in [4.78, 5) is 12.5. The Bertz CT molecular complexity index is 1040.